The number of benzene rings is 1. The lowest BCUT2D eigenvalue weighted by Gasteiger charge is -2.34. The number of nitrogens with one attached hydrogen (secondary N) is 2. The van der Waals surface area contributed by atoms with Crippen LogP contribution in [0.1, 0.15) is 25.8 Å². The van der Waals surface area contributed by atoms with Crippen molar-refractivity contribution in [2.75, 3.05) is 44.7 Å². The number of aryl methyl sites for hydroxylation is 1. The van der Waals surface area contributed by atoms with E-state index in [4.69, 9.17) is 4.74 Å². The number of para-hydroxylation sites is 1. The van der Waals surface area contributed by atoms with Crippen molar-refractivity contribution in [3.8, 4) is 0 Å². The Morgan fingerprint density at radius 3 is 2.46 bits per heavy atom. The molecule has 0 aromatic heterocycles. The number of esters is 1. The zero-order chi connectivity index (χ0) is 19.1. The van der Waals surface area contributed by atoms with Gasteiger partial charge in [-0.1, -0.05) is 32.0 Å². The summed E-state index contributed by atoms with van der Waals surface area (Å²) in [5.41, 5.74) is 2.56. The first-order chi connectivity index (χ1) is 12.4. The van der Waals surface area contributed by atoms with Crippen molar-refractivity contribution in [3.63, 3.8) is 0 Å². The number of ether oxygens (including phenoxy) is 1. The molecule has 26 heavy (non-hydrogen) atoms. The average molecular weight is 362 g/mol. The molecule has 1 aliphatic rings. The summed E-state index contributed by atoms with van der Waals surface area (Å²) in [5, 5.41) is 2.85. The van der Waals surface area contributed by atoms with Gasteiger partial charge in [0.05, 0.1) is 33.3 Å². The molecular weight excluding hydrogens is 330 g/mol. The third-order valence-corrected chi connectivity index (χ3v) is 4.87. The van der Waals surface area contributed by atoms with E-state index in [0.29, 0.717) is 18.9 Å². The van der Waals surface area contributed by atoms with E-state index in [0.717, 1.165) is 26.2 Å². The summed E-state index contributed by atoms with van der Waals surface area (Å²) in [5.74, 6) is -0.142. The molecule has 2 rings (SSSR count). The zero-order valence-corrected chi connectivity index (χ0v) is 16.4. The Kier molecular flexibility index (Phi) is 7.45. The molecule has 1 aliphatic heterocycles. The van der Waals surface area contributed by atoms with Crippen LogP contribution in [0.4, 0.5) is 5.69 Å². The quantitative estimate of drug-likeness (QED) is 0.690. The first-order valence-corrected chi connectivity index (χ1v) is 9.42. The van der Waals surface area contributed by atoms with Crippen molar-refractivity contribution >= 4 is 17.6 Å². The van der Waals surface area contributed by atoms with E-state index < -0.39 is 6.04 Å². The zero-order valence-electron chi connectivity index (χ0n) is 16.4. The Bertz CT molecular complexity index is 610. The number of amides is 1. The maximum Gasteiger partial charge on any atom is 0.328 e. The van der Waals surface area contributed by atoms with Gasteiger partial charge in [-0.05, 0) is 30.9 Å². The van der Waals surface area contributed by atoms with Gasteiger partial charge in [0.2, 0.25) is 0 Å². The number of anilines is 1. The molecule has 0 unspecified atom stereocenters. The molecule has 1 heterocycles. The lowest BCUT2D eigenvalue weighted by molar-refractivity contribution is -0.892. The van der Waals surface area contributed by atoms with Crippen LogP contribution in [0, 0.1) is 12.8 Å². The summed E-state index contributed by atoms with van der Waals surface area (Å²) in [4.78, 5) is 27.9. The van der Waals surface area contributed by atoms with E-state index in [2.05, 4.69) is 41.4 Å². The lowest BCUT2D eigenvalue weighted by atomic mass is 10.0. The minimum Gasteiger partial charge on any atom is -0.467 e. The SMILES string of the molecule is COC(=O)[C@@H](CC(C)C)NC(=O)C[NH+]1CCN(c2ccccc2C)CC1. The molecule has 0 aliphatic carbocycles. The van der Waals surface area contributed by atoms with Crippen molar-refractivity contribution in [2.45, 2.75) is 33.2 Å². The molecule has 6 nitrogen and oxygen atoms in total. The summed E-state index contributed by atoms with van der Waals surface area (Å²) < 4.78 is 4.81. The average Bonchev–Trinajstić information content (AvgIpc) is 2.61. The molecule has 1 aromatic rings. The molecule has 0 spiro atoms. The molecule has 0 bridgehead atoms. The van der Waals surface area contributed by atoms with E-state index >= 15 is 0 Å². The van der Waals surface area contributed by atoms with Gasteiger partial charge in [0.15, 0.2) is 6.54 Å². The van der Waals surface area contributed by atoms with Crippen LogP contribution in [0.5, 0.6) is 0 Å². The molecule has 2 N–H and O–H groups in total. The smallest absolute Gasteiger partial charge is 0.328 e. The highest BCUT2D eigenvalue weighted by atomic mass is 16.5. The fourth-order valence-corrected chi connectivity index (χ4v) is 3.46. The van der Waals surface area contributed by atoms with Gasteiger partial charge >= 0.3 is 5.97 Å². The number of methoxy groups -OCH3 is 1. The van der Waals surface area contributed by atoms with Gasteiger partial charge in [-0.3, -0.25) is 4.79 Å². The number of hydrogen-bond acceptors (Lipinski definition) is 4. The van der Waals surface area contributed by atoms with Gasteiger partial charge in [0.25, 0.3) is 5.91 Å². The third kappa shape index (κ3) is 5.73. The Balaban J connectivity index is 1.83. The van der Waals surface area contributed by atoms with E-state index in [1.165, 1.54) is 23.3 Å². The van der Waals surface area contributed by atoms with Crippen LogP contribution in [-0.4, -0.2) is 57.8 Å². The molecule has 1 atom stereocenters. The number of nitrogens with zero attached hydrogens (tertiary/aromatic N) is 1. The fraction of sp³-hybridized carbons (Fsp3) is 0.600. The topological polar surface area (TPSA) is 63.1 Å². The van der Waals surface area contributed by atoms with Gasteiger partial charge < -0.3 is 19.9 Å². The molecule has 0 saturated carbocycles. The van der Waals surface area contributed by atoms with E-state index in [-0.39, 0.29) is 11.9 Å². The summed E-state index contributed by atoms with van der Waals surface area (Å²) in [6, 6.07) is 7.85. The molecule has 0 radical (unpaired) electrons. The molecule has 144 valence electrons. The fourth-order valence-electron chi connectivity index (χ4n) is 3.46. The second-order valence-corrected chi connectivity index (χ2v) is 7.47. The van der Waals surface area contributed by atoms with Gasteiger partial charge in [0.1, 0.15) is 6.04 Å². The first-order valence-electron chi connectivity index (χ1n) is 9.42. The molecule has 1 saturated heterocycles. The monoisotopic (exact) mass is 362 g/mol. The van der Waals surface area contributed by atoms with Crippen molar-refractivity contribution in [3.05, 3.63) is 29.8 Å². The van der Waals surface area contributed by atoms with Crippen molar-refractivity contribution in [2.24, 2.45) is 5.92 Å². The highest BCUT2D eigenvalue weighted by Crippen LogP contribution is 2.18. The summed E-state index contributed by atoms with van der Waals surface area (Å²) in [6.07, 6.45) is 0.592. The van der Waals surface area contributed by atoms with Crippen molar-refractivity contribution in [1.82, 2.24) is 5.32 Å². The number of hydrogen-bond donors (Lipinski definition) is 2. The summed E-state index contributed by atoms with van der Waals surface area (Å²) in [6.45, 7) is 10.3. The minimum atomic E-state index is -0.555. The van der Waals surface area contributed by atoms with Crippen LogP contribution in [0.3, 0.4) is 0 Å². The van der Waals surface area contributed by atoms with Crippen LogP contribution in [-0.2, 0) is 14.3 Å². The highest BCUT2D eigenvalue weighted by Gasteiger charge is 2.27. The van der Waals surface area contributed by atoms with Crippen molar-refractivity contribution in [1.29, 1.82) is 0 Å². The second-order valence-electron chi connectivity index (χ2n) is 7.47. The standard InChI is InChI=1S/C20H31N3O3/c1-15(2)13-17(20(25)26-4)21-19(24)14-22-9-11-23(12-10-22)18-8-6-5-7-16(18)3/h5-8,15,17H,9-14H2,1-4H3,(H,21,24)/p+1/t17-/m1/s1. The Hall–Kier alpha value is -2.08. The summed E-state index contributed by atoms with van der Waals surface area (Å²) >= 11 is 0. The van der Waals surface area contributed by atoms with Crippen LogP contribution >= 0.6 is 0 Å². The third-order valence-electron chi connectivity index (χ3n) is 4.87. The Labute approximate surface area is 156 Å². The lowest BCUT2D eigenvalue weighted by Crippen LogP contribution is -3.16. The number of carbonyl (C=O) groups excluding carboxylic acids is 2. The predicted octanol–water partition coefficient (Wildman–Crippen LogP) is 0.404. The van der Waals surface area contributed by atoms with E-state index in [1.54, 1.807) is 0 Å². The molecule has 1 amide bonds. The van der Waals surface area contributed by atoms with Gasteiger partial charge in [-0.15, -0.1) is 0 Å². The predicted molar refractivity (Wildman–Crippen MR) is 102 cm³/mol. The van der Waals surface area contributed by atoms with Gasteiger partial charge in [-0.2, -0.15) is 0 Å². The van der Waals surface area contributed by atoms with Crippen LogP contribution in [0.15, 0.2) is 24.3 Å². The molecule has 1 aromatic carbocycles. The number of carbonyl (C=O) groups is 2. The number of quaternary nitrogens is 1. The maximum absolute atomic E-state index is 12.4. The van der Waals surface area contributed by atoms with Crippen LogP contribution < -0.4 is 15.1 Å². The van der Waals surface area contributed by atoms with Crippen molar-refractivity contribution < 1.29 is 19.2 Å². The Morgan fingerprint density at radius 1 is 1.23 bits per heavy atom. The summed E-state index contributed by atoms with van der Waals surface area (Å²) in [7, 11) is 1.36. The maximum atomic E-state index is 12.4. The van der Waals surface area contributed by atoms with E-state index in [1.807, 2.05) is 13.8 Å². The van der Waals surface area contributed by atoms with Gasteiger partial charge in [0, 0.05) is 5.69 Å². The highest BCUT2D eigenvalue weighted by molar-refractivity contribution is 5.84. The molecular formula is C20H32N3O3+. The first kappa shape index (κ1) is 20.2. The molecule has 1 fully saturated rings. The normalized spacial score (nSPS) is 16.4. The molecule has 6 heteroatoms. The van der Waals surface area contributed by atoms with Gasteiger partial charge in [-0.25, -0.2) is 4.79 Å². The Morgan fingerprint density at radius 2 is 1.88 bits per heavy atom. The number of piperazine rings is 1. The van der Waals surface area contributed by atoms with Crippen LogP contribution in [0.25, 0.3) is 0 Å². The minimum absolute atomic E-state index is 0.0830. The van der Waals surface area contributed by atoms with Crippen LogP contribution in [0.2, 0.25) is 0 Å². The second kappa shape index (κ2) is 9.57. The largest absolute Gasteiger partial charge is 0.467 e. The number of rotatable bonds is 7. The van der Waals surface area contributed by atoms with E-state index in [9.17, 15) is 9.59 Å².